The predicted molar refractivity (Wildman–Crippen MR) is 80.6 cm³/mol. The van der Waals surface area contributed by atoms with E-state index in [0.717, 1.165) is 13.0 Å². The second-order valence-corrected chi connectivity index (χ2v) is 6.55. The molecule has 1 heterocycles. The van der Waals surface area contributed by atoms with Crippen LogP contribution in [0.15, 0.2) is 24.3 Å². The Morgan fingerprint density at radius 3 is 2.96 bits per heavy atom. The predicted octanol–water partition coefficient (Wildman–Crippen LogP) is 3.22. The first kappa shape index (κ1) is 16.0. The van der Waals surface area contributed by atoms with Gasteiger partial charge in [-0.25, -0.2) is 4.79 Å². The van der Waals surface area contributed by atoms with Crippen LogP contribution in [0.25, 0.3) is 0 Å². The molecule has 0 spiro atoms. The monoisotopic (exact) mass is 326 g/mol. The van der Waals surface area contributed by atoms with Crippen molar-refractivity contribution < 1.29 is 23.0 Å². The smallest absolute Gasteiger partial charge is 0.387 e. The Bertz CT molecular complexity index is 594. The number of hydrogen-bond acceptors (Lipinski definition) is 3. The third-order valence-electron chi connectivity index (χ3n) is 4.70. The summed E-state index contributed by atoms with van der Waals surface area (Å²) >= 11 is 0. The van der Waals surface area contributed by atoms with Crippen LogP contribution in [0.2, 0.25) is 0 Å². The summed E-state index contributed by atoms with van der Waals surface area (Å²) in [5, 5.41) is 5.62. The van der Waals surface area contributed by atoms with Crippen molar-refractivity contribution in [3.8, 4) is 5.75 Å². The molecule has 7 heteroatoms. The lowest BCUT2D eigenvalue weighted by Gasteiger charge is -2.54. The van der Waals surface area contributed by atoms with Crippen LogP contribution in [0.3, 0.4) is 0 Å². The first-order valence-corrected chi connectivity index (χ1v) is 7.62. The van der Waals surface area contributed by atoms with Gasteiger partial charge in [-0.1, -0.05) is 19.9 Å². The molecule has 1 aromatic rings. The number of anilines is 1. The molecule has 1 saturated carbocycles. The van der Waals surface area contributed by atoms with Crippen LogP contribution in [0.1, 0.15) is 20.3 Å². The molecule has 1 aliphatic carbocycles. The van der Waals surface area contributed by atoms with Crippen molar-refractivity contribution in [3.05, 3.63) is 24.3 Å². The Hall–Kier alpha value is -1.89. The Kier molecular flexibility index (Phi) is 4.14. The van der Waals surface area contributed by atoms with Gasteiger partial charge in [0.2, 0.25) is 0 Å². The minimum atomic E-state index is -2.89. The highest BCUT2D eigenvalue weighted by Gasteiger charge is 2.59. The van der Waals surface area contributed by atoms with Gasteiger partial charge in [-0.15, -0.1) is 0 Å². The number of alkyl halides is 2. The number of carbonyl (C=O) groups excluding carboxylic acids is 1. The molecule has 3 atom stereocenters. The van der Waals surface area contributed by atoms with Crippen LogP contribution < -0.4 is 15.4 Å². The van der Waals surface area contributed by atoms with Crippen molar-refractivity contribution in [1.82, 2.24) is 5.32 Å². The molecule has 3 rings (SSSR count). The zero-order valence-electron chi connectivity index (χ0n) is 13.0. The van der Waals surface area contributed by atoms with Gasteiger partial charge in [0.25, 0.3) is 0 Å². The summed E-state index contributed by atoms with van der Waals surface area (Å²) < 4.78 is 34.4. The van der Waals surface area contributed by atoms with Crippen molar-refractivity contribution in [3.63, 3.8) is 0 Å². The lowest BCUT2D eigenvalue weighted by Crippen LogP contribution is -2.67. The van der Waals surface area contributed by atoms with E-state index in [-0.39, 0.29) is 29.3 Å². The number of benzene rings is 1. The van der Waals surface area contributed by atoms with Gasteiger partial charge >= 0.3 is 12.6 Å². The first-order chi connectivity index (χ1) is 10.9. The van der Waals surface area contributed by atoms with Crippen LogP contribution in [-0.2, 0) is 4.74 Å². The van der Waals surface area contributed by atoms with Crippen molar-refractivity contribution in [2.45, 2.75) is 39.0 Å². The van der Waals surface area contributed by atoms with Crippen molar-refractivity contribution >= 4 is 11.7 Å². The summed E-state index contributed by atoms with van der Waals surface area (Å²) in [7, 11) is 0. The van der Waals surface area contributed by atoms with Gasteiger partial charge in [0.05, 0.1) is 6.10 Å². The molecule has 1 saturated heterocycles. The van der Waals surface area contributed by atoms with Crippen LogP contribution in [-0.4, -0.2) is 31.4 Å². The zero-order valence-corrected chi connectivity index (χ0v) is 13.0. The van der Waals surface area contributed by atoms with Gasteiger partial charge in [-0.05, 0) is 18.6 Å². The maximum Gasteiger partial charge on any atom is 0.387 e. The summed E-state index contributed by atoms with van der Waals surface area (Å²) in [5.74, 6) is 0.343. The Morgan fingerprint density at radius 2 is 2.22 bits per heavy atom. The van der Waals surface area contributed by atoms with Gasteiger partial charge in [-0.3, -0.25) is 0 Å². The average molecular weight is 326 g/mol. The SMILES string of the molecule is CC1(C)[C@H](NC(=O)Nc2cccc(OC(F)F)c2)[C@H]2CCO[C@H]21. The number of rotatable bonds is 4. The van der Waals surface area contributed by atoms with Gasteiger partial charge < -0.3 is 20.1 Å². The zero-order chi connectivity index (χ0) is 16.6. The maximum absolute atomic E-state index is 12.2. The van der Waals surface area contributed by atoms with E-state index in [1.165, 1.54) is 12.1 Å². The number of ether oxygens (including phenoxy) is 2. The molecule has 1 aromatic carbocycles. The van der Waals surface area contributed by atoms with Crippen LogP contribution in [0, 0.1) is 11.3 Å². The number of hydrogen-bond donors (Lipinski definition) is 2. The molecule has 23 heavy (non-hydrogen) atoms. The molecule has 2 aliphatic rings. The van der Waals surface area contributed by atoms with Crippen LogP contribution >= 0.6 is 0 Å². The number of fused-ring (bicyclic) bond motifs is 1. The summed E-state index contributed by atoms with van der Waals surface area (Å²) in [6.45, 7) is 1.98. The highest BCUT2D eigenvalue weighted by atomic mass is 19.3. The summed E-state index contributed by atoms with van der Waals surface area (Å²) in [6, 6.07) is 5.61. The molecule has 5 nitrogen and oxygen atoms in total. The molecule has 0 bridgehead atoms. The minimum Gasteiger partial charge on any atom is -0.435 e. The lowest BCUT2D eigenvalue weighted by molar-refractivity contribution is -0.107. The fourth-order valence-electron chi connectivity index (χ4n) is 3.68. The van der Waals surface area contributed by atoms with Gasteiger partial charge in [0.15, 0.2) is 0 Å². The number of nitrogens with one attached hydrogen (secondary N) is 2. The van der Waals surface area contributed by atoms with E-state index >= 15 is 0 Å². The van der Waals surface area contributed by atoms with Gasteiger partial charge in [-0.2, -0.15) is 8.78 Å². The Labute approximate surface area is 133 Å². The first-order valence-electron chi connectivity index (χ1n) is 7.62. The number of carbonyl (C=O) groups is 1. The highest BCUT2D eigenvalue weighted by molar-refractivity contribution is 5.89. The molecule has 2 amide bonds. The maximum atomic E-state index is 12.2. The molecule has 0 radical (unpaired) electrons. The van der Waals surface area contributed by atoms with Gasteiger partial charge in [0, 0.05) is 35.7 Å². The molecule has 0 aromatic heterocycles. The Morgan fingerprint density at radius 1 is 1.43 bits per heavy atom. The van der Waals surface area contributed by atoms with Crippen molar-refractivity contribution in [2.75, 3.05) is 11.9 Å². The number of halogens is 2. The van der Waals surface area contributed by atoms with Crippen molar-refractivity contribution in [1.29, 1.82) is 0 Å². The summed E-state index contributed by atoms with van der Waals surface area (Å²) in [5.41, 5.74) is 0.288. The highest BCUT2D eigenvalue weighted by Crippen LogP contribution is 2.52. The fraction of sp³-hybridized carbons (Fsp3) is 0.562. The topological polar surface area (TPSA) is 59.6 Å². The molecule has 0 unspecified atom stereocenters. The van der Waals surface area contributed by atoms with Crippen LogP contribution in [0.4, 0.5) is 19.3 Å². The molecular weight excluding hydrogens is 306 g/mol. The average Bonchev–Trinajstić information content (AvgIpc) is 2.91. The second kappa shape index (κ2) is 5.96. The normalized spacial score (nSPS) is 28.0. The van der Waals surface area contributed by atoms with Crippen molar-refractivity contribution in [2.24, 2.45) is 11.3 Å². The fourth-order valence-corrected chi connectivity index (χ4v) is 3.68. The Balaban J connectivity index is 1.59. The lowest BCUT2D eigenvalue weighted by atomic mass is 9.57. The van der Waals surface area contributed by atoms with E-state index in [0.29, 0.717) is 11.6 Å². The third kappa shape index (κ3) is 3.10. The third-order valence-corrected chi connectivity index (χ3v) is 4.70. The van der Waals surface area contributed by atoms with E-state index in [2.05, 4.69) is 29.2 Å². The largest absolute Gasteiger partial charge is 0.435 e. The summed E-state index contributed by atoms with van der Waals surface area (Å²) in [4.78, 5) is 12.2. The number of amides is 2. The van der Waals surface area contributed by atoms with E-state index in [9.17, 15) is 13.6 Å². The second-order valence-electron chi connectivity index (χ2n) is 6.55. The minimum absolute atomic E-state index is 0.00558. The molecule has 126 valence electrons. The van der Waals surface area contributed by atoms with E-state index in [4.69, 9.17) is 4.74 Å². The van der Waals surface area contributed by atoms with Crippen LogP contribution in [0.5, 0.6) is 5.75 Å². The van der Waals surface area contributed by atoms with E-state index in [1.807, 2.05) is 0 Å². The quantitative estimate of drug-likeness (QED) is 0.893. The summed E-state index contributed by atoms with van der Waals surface area (Å²) in [6.07, 6.45) is 1.13. The molecular formula is C16H20F2N2O3. The molecule has 2 N–H and O–H groups in total. The van der Waals surface area contributed by atoms with E-state index < -0.39 is 6.61 Å². The molecule has 1 aliphatic heterocycles. The van der Waals surface area contributed by atoms with Gasteiger partial charge in [0.1, 0.15) is 5.75 Å². The number of urea groups is 1. The molecule has 2 fully saturated rings. The van der Waals surface area contributed by atoms with E-state index in [1.54, 1.807) is 12.1 Å². The standard InChI is InChI=1S/C16H20F2N2O3/c1-16(2)12(11-6-7-22-13(11)16)20-15(21)19-9-4-3-5-10(8-9)23-14(17)18/h3-5,8,11-14H,6-7H2,1-2H3,(H2,19,20,21)/t11-,12-,13-/m1/s1.